The van der Waals surface area contributed by atoms with E-state index in [0.29, 0.717) is 12.2 Å². The Balaban J connectivity index is 1.70. The van der Waals surface area contributed by atoms with E-state index in [9.17, 15) is 0 Å². The van der Waals surface area contributed by atoms with Crippen LogP contribution in [0, 0.1) is 6.92 Å². The number of fused-ring (bicyclic) bond motifs is 1. The Bertz CT molecular complexity index is 1090. The lowest BCUT2D eigenvalue weighted by atomic mass is 10.1. The van der Waals surface area contributed by atoms with Gasteiger partial charge in [-0.05, 0) is 42.7 Å². The molecule has 0 aliphatic rings. The minimum Gasteiger partial charge on any atom is -0.340 e. The summed E-state index contributed by atoms with van der Waals surface area (Å²) in [4.78, 5) is 9.13. The molecule has 6 heteroatoms. The van der Waals surface area contributed by atoms with E-state index in [0.717, 1.165) is 40.0 Å². The lowest BCUT2D eigenvalue weighted by Crippen LogP contribution is -2.04. The van der Waals surface area contributed by atoms with Gasteiger partial charge in [0.1, 0.15) is 5.82 Å². The second kappa shape index (κ2) is 7.37. The van der Waals surface area contributed by atoms with Crippen molar-refractivity contribution in [1.29, 1.82) is 0 Å². The number of hydrogen-bond donors (Lipinski definition) is 1. The van der Waals surface area contributed by atoms with E-state index in [1.807, 2.05) is 43.3 Å². The molecule has 2 aromatic heterocycles. The Hall–Kier alpha value is -2.92. The monoisotopic (exact) mass is 377 g/mol. The van der Waals surface area contributed by atoms with Crippen molar-refractivity contribution in [3.05, 3.63) is 82.3 Å². The summed E-state index contributed by atoms with van der Waals surface area (Å²) in [6.45, 7) is 4.11. The van der Waals surface area contributed by atoms with Crippen molar-refractivity contribution in [3.8, 4) is 0 Å². The number of benzene rings is 2. The number of anilines is 2. The van der Waals surface area contributed by atoms with Crippen LogP contribution in [-0.2, 0) is 12.8 Å². The van der Waals surface area contributed by atoms with Crippen LogP contribution in [0.25, 0.3) is 5.78 Å². The van der Waals surface area contributed by atoms with E-state index in [4.69, 9.17) is 11.6 Å². The van der Waals surface area contributed by atoms with Crippen LogP contribution in [0.1, 0.15) is 29.6 Å². The standard InChI is InChI=1S/C21H20ClN5/c1-3-16-6-4-5-7-18(16)24-20-12-14(2)23-21-25-19(26-27(20)21)13-15-8-10-17(22)11-9-15/h4-12,24H,3,13H2,1-2H3. The zero-order valence-electron chi connectivity index (χ0n) is 15.3. The van der Waals surface area contributed by atoms with Crippen molar-refractivity contribution in [3.63, 3.8) is 0 Å². The van der Waals surface area contributed by atoms with Crippen molar-refractivity contribution in [1.82, 2.24) is 19.6 Å². The predicted octanol–water partition coefficient (Wildman–Crippen LogP) is 4.98. The van der Waals surface area contributed by atoms with Gasteiger partial charge in [0.2, 0.25) is 0 Å². The molecule has 136 valence electrons. The molecule has 4 rings (SSSR count). The number of nitrogens with one attached hydrogen (secondary N) is 1. The third kappa shape index (κ3) is 3.78. The molecule has 0 fully saturated rings. The Morgan fingerprint density at radius 3 is 2.59 bits per heavy atom. The Kier molecular flexibility index (Phi) is 4.77. The molecule has 0 bridgehead atoms. The molecule has 0 saturated heterocycles. The van der Waals surface area contributed by atoms with Crippen molar-refractivity contribution in [2.45, 2.75) is 26.7 Å². The molecule has 0 amide bonds. The van der Waals surface area contributed by atoms with Crippen LogP contribution in [0.5, 0.6) is 0 Å². The Morgan fingerprint density at radius 2 is 1.81 bits per heavy atom. The van der Waals surface area contributed by atoms with Gasteiger partial charge in [0.25, 0.3) is 5.78 Å². The van der Waals surface area contributed by atoms with Gasteiger partial charge in [-0.1, -0.05) is 48.9 Å². The fourth-order valence-electron chi connectivity index (χ4n) is 3.07. The summed E-state index contributed by atoms with van der Waals surface area (Å²) < 4.78 is 1.77. The highest BCUT2D eigenvalue weighted by Crippen LogP contribution is 2.22. The lowest BCUT2D eigenvalue weighted by molar-refractivity contribution is 0.893. The van der Waals surface area contributed by atoms with Crippen molar-refractivity contribution in [2.75, 3.05) is 5.32 Å². The molecule has 2 aromatic carbocycles. The fourth-order valence-corrected chi connectivity index (χ4v) is 3.19. The summed E-state index contributed by atoms with van der Waals surface area (Å²) in [6.07, 6.45) is 1.58. The third-order valence-corrected chi connectivity index (χ3v) is 4.67. The van der Waals surface area contributed by atoms with Gasteiger partial charge in [-0.25, -0.2) is 4.98 Å². The smallest absolute Gasteiger partial charge is 0.254 e. The number of aromatic nitrogens is 4. The number of para-hydroxylation sites is 1. The zero-order valence-corrected chi connectivity index (χ0v) is 16.0. The second-order valence-electron chi connectivity index (χ2n) is 6.46. The molecule has 0 atom stereocenters. The van der Waals surface area contributed by atoms with Gasteiger partial charge in [0, 0.05) is 28.9 Å². The van der Waals surface area contributed by atoms with Gasteiger partial charge >= 0.3 is 0 Å². The van der Waals surface area contributed by atoms with E-state index in [-0.39, 0.29) is 0 Å². The second-order valence-corrected chi connectivity index (χ2v) is 6.90. The van der Waals surface area contributed by atoms with Gasteiger partial charge in [0.15, 0.2) is 5.82 Å². The molecule has 27 heavy (non-hydrogen) atoms. The first-order valence-corrected chi connectivity index (χ1v) is 9.33. The van der Waals surface area contributed by atoms with E-state index in [1.165, 1.54) is 5.56 Å². The lowest BCUT2D eigenvalue weighted by Gasteiger charge is -2.12. The first kappa shape index (κ1) is 17.5. The number of halogens is 1. The molecular weight excluding hydrogens is 358 g/mol. The van der Waals surface area contributed by atoms with E-state index < -0.39 is 0 Å². The highest BCUT2D eigenvalue weighted by molar-refractivity contribution is 6.30. The van der Waals surface area contributed by atoms with Crippen LogP contribution in [0.15, 0.2) is 54.6 Å². The van der Waals surface area contributed by atoms with E-state index in [2.05, 4.69) is 45.5 Å². The van der Waals surface area contributed by atoms with E-state index >= 15 is 0 Å². The first-order chi connectivity index (χ1) is 13.1. The quantitative estimate of drug-likeness (QED) is 0.532. The third-order valence-electron chi connectivity index (χ3n) is 4.42. The zero-order chi connectivity index (χ0) is 18.8. The van der Waals surface area contributed by atoms with Crippen LogP contribution in [-0.4, -0.2) is 19.6 Å². The normalized spacial score (nSPS) is 11.1. The summed E-state index contributed by atoms with van der Waals surface area (Å²) in [6, 6.07) is 18.0. The summed E-state index contributed by atoms with van der Waals surface area (Å²) in [7, 11) is 0. The topological polar surface area (TPSA) is 55.1 Å². The molecule has 0 aliphatic heterocycles. The maximum Gasteiger partial charge on any atom is 0.254 e. The molecule has 2 heterocycles. The molecule has 0 aliphatic carbocycles. The Labute approximate surface area is 163 Å². The van der Waals surface area contributed by atoms with Crippen molar-refractivity contribution >= 4 is 28.9 Å². The van der Waals surface area contributed by atoms with Crippen molar-refractivity contribution in [2.24, 2.45) is 0 Å². The van der Waals surface area contributed by atoms with Crippen LogP contribution in [0.2, 0.25) is 5.02 Å². The SMILES string of the molecule is CCc1ccccc1Nc1cc(C)nc2nc(Cc3ccc(Cl)cc3)nn12. The molecule has 5 nitrogen and oxygen atoms in total. The molecule has 0 spiro atoms. The molecule has 0 radical (unpaired) electrons. The average Bonchev–Trinajstić information content (AvgIpc) is 3.06. The van der Waals surface area contributed by atoms with Gasteiger partial charge in [-0.15, -0.1) is 5.10 Å². The summed E-state index contributed by atoms with van der Waals surface area (Å²) in [5.74, 6) is 2.17. The largest absolute Gasteiger partial charge is 0.340 e. The number of nitrogens with zero attached hydrogens (tertiary/aromatic N) is 4. The highest BCUT2D eigenvalue weighted by atomic mass is 35.5. The molecule has 1 N–H and O–H groups in total. The van der Waals surface area contributed by atoms with Gasteiger partial charge in [-0.3, -0.25) is 0 Å². The van der Waals surface area contributed by atoms with Crippen LogP contribution >= 0.6 is 11.6 Å². The minimum absolute atomic E-state index is 0.593. The first-order valence-electron chi connectivity index (χ1n) is 8.95. The minimum atomic E-state index is 0.593. The maximum absolute atomic E-state index is 5.97. The summed E-state index contributed by atoms with van der Waals surface area (Å²) in [5, 5.41) is 8.89. The molecular formula is C21H20ClN5. The van der Waals surface area contributed by atoms with Crippen LogP contribution in [0.3, 0.4) is 0 Å². The van der Waals surface area contributed by atoms with Gasteiger partial charge in [0.05, 0.1) is 0 Å². The summed E-state index contributed by atoms with van der Waals surface area (Å²) >= 11 is 5.97. The van der Waals surface area contributed by atoms with Gasteiger partial charge in [-0.2, -0.15) is 9.50 Å². The molecule has 0 unspecified atom stereocenters. The molecule has 4 aromatic rings. The highest BCUT2D eigenvalue weighted by Gasteiger charge is 2.12. The number of hydrogen-bond acceptors (Lipinski definition) is 4. The van der Waals surface area contributed by atoms with Crippen LogP contribution in [0.4, 0.5) is 11.5 Å². The average molecular weight is 378 g/mol. The number of rotatable bonds is 5. The fraction of sp³-hybridized carbons (Fsp3) is 0.190. The van der Waals surface area contributed by atoms with Gasteiger partial charge < -0.3 is 5.32 Å². The van der Waals surface area contributed by atoms with Crippen molar-refractivity contribution < 1.29 is 0 Å². The maximum atomic E-state index is 5.97. The Morgan fingerprint density at radius 1 is 1.04 bits per heavy atom. The molecule has 0 saturated carbocycles. The predicted molar refractivity (Wildman–Crippen MR) is 109 cm³/mol. The number of aryl methyl sites for hydroxylation is 2. The van der Waals surface area contributed by atoms with Crippen LogP contribution < -0.4 is 5.32 Å². The van der Waals surface area contributed by atoms with E-state index in [1.54, 1.807) is 4.52 Å². The summed E-state index contributed by atoms with van der Waals surface area (Å²) in [5.41, 5.74) is 4.32.